The van der Waals surface area contributed by atoms with Gasteiger partial charge in [0.25, 0.3) is 5.91 Å². The maximum Gasteiger partial charge on any atom is 0.251 e. The van der Waals surface area contributed by atoms with E-state index in [0.717, 1.165) is 10.7 Å². The highest BCUT2D eigenvalue weighted by Gasteiger charge is 2.07. The van der Waals surface area contributed by atoms with E-state index in [0.29, 0.717) is 28.8 Å². The van der Waals surface area contributed by atoms with Crippen molar-refractivity contribution in [2.24, 2.45) is 0 Å². The highest BCUT2D eigenvalue weighted by Crippen LogP contribution is 2.23. The van der Waals surface area contributed by atoms with E-state index >= 15 is 0 Å². The lowest BCUT2D eigenvalue weighted by Gasteiger charge is -2.05. The van der Waals surface area contributed by atoms with E-state index in [9.17, 15) is 4.79 Å². The third kappa shape index (κ3) is 4.27. The van der Waals surface area contributed by atoms with Crippen LogP contribution in [0, 0.1) is 0 Å². The second-order valence-corrected chi connectivity index (χ2v) is 6.23. The van der Waals surface area contributed by atoms with Crippen LogP contribution in [-0.2, 0) is 0 Å². The second kappa shape index (κ2) is 7.85. The summed E-state index contributed by atoms with van der Waals surface area (Å²) in [6, 6.07) is 12.4. The average Bonchev–Trinajstić information content (AvgIpc) is 3.09. The minimum Gasteiger partial charge on any atom is -0.358 e. The highest BCUT2D eigenvalue weighted by molar-refractivity contribution is 7.18. The summed E-state index contributed by atoms with van der Waals surface area (Å²) in [4.78, 5) is 16.2. The Kier molecular flexibility index (Phi) is 5.35. The molecule has 122 valence electrons. The van der Waals surface area contributed by atoms with Crippen LogP contribution in [0.4, 0.5) is 5.13 Å². The SMILES string of the molecule is O=C(NCCNc1nnc(-c2ccccn2)s1)c1ccc(Cl)cc1. The van der Waals surface area contributed by atoms with Crippen molar-refractivity contribution in [1.82, 2.24) is 20.5 Å². The Hall–Kier alpha value is -2.51. The first-order valence-electron chi connectivity index (χ1n) is 7.25. The summed E-state index contributed by atoms with van der Waals surface area (Å²) in [5, 5.41) is 16.2. The van der Waals surface area contributed by atoms with Gasteiger partial charge in [-0.2, -0.15) is 0 Å². The molecule has 3 rings (SSSR count). The molecule has 0 aliphatic rings. The molecule has 0 aliphatic heterocycles. The van der Waals surface area contributed by atoms with Crippen molar-refractivity contribution < 1.29 is 4.79 Å². The average molecular weight is 360 g/mol. The van der Waals surface area contributed by atoms with Crippen LogP contribution in [-0.4, -0.2) is 34.2 Å². The van der Waals surface area contributed by atoms with E-state index in [1.807, 2.05) is 18.2 Å². The number of nitrogens with zero attached hydrogens (tertiary/aromatic N) is 3. The standard InChI is InChI=1S/C16H14ClN5OS/c17-12-6-4-11(5-7-12)14(23)19-9-10-20-16-22-21-15(24-16)13-3-1-2-8-18-13/h1-8H,9-10H2,(H,19,23)(H,20,22). The Morgan fingerprint density at radius 1 is 1.08 bits per heavy atom. The molecule has 0 aliphatic carbocycles. The number of nitrogens with one attached hydrogen (secondary N) is 2. The summed E-state index contributed by atoms with van der Waals surface area (Å²) in [5.74, 6) is -0.139. The van der Waals surface area contributed by atoms with Gasteiger partial charge in [-0.25, -0.2) is 0 Å². The summed E-state index contributed by atoms with van der Waals surface area (Å²) in [6.45, 7) is 1.02. The largest absolute Gasteiger partial charge is 0.358 e. The molecule has 0 radical (unpaired) electrons. The zero-order valence-electron chi connectivity index (χ0n) is 12.6. The van der Waals surface area contributed by atoms with E-state index in [1.165, 1.54) is 11.3 Å². The first kappa shape index (κ1) is 16.4. The van der Waals surface area contributed by atoms with Crippen LogP contribution in [0.3, 0.4) is 0 Å². The van der Waals surface area contributed by atoms with E-state index < -0.39 is 0 Å². The van der Waals surface area contributed by atoms with Crippen LogP contribution in [0.25, 0.3) is 10.7 Å². The summed E-state index contributed by atoms with van der Waals surface area (Å²) in [5.41, 5.74) is 1.37. The number of anilines is 1. The number of carbonyl (C=O) groups excluding carboxylic acids is 1. The monoisotopic (exact) mass is 359 g/mol. The lowest BCUT2D eigenvalue weighted by Crippen LogP contribution is -2.28. The number of amides is 1. The number of hydrogen-bond donors (Lipinski definition) is 2. The molecule has 1 aromatic carbocycles. The molecule has 2 heterocycles. The summed E-state index contributed by atoms with van der Waals surface area (Å²) >= 11 is 7.22. The fraction of sp³-hybridized carbons (Fsp3) is 0.125. The molecule has 2 N–H and O–H groups in total. The summed E-state index contributed by atoms with van der Waals surface area (Å²) in [7, 11) is 0. The molecule has 3 aromatic rings. The molecular formula is C16H14ClN5OS. The molecule has 6 nitrogen and oxygen atoms in total. The Labute approximate surface area is 147 Å². The number of benzene rings is 1. The number of rotatable bonds is 6. The topological polar surface area (TPSA) is 79.8 Å². The summed E-state index contributed by atoms with van der Waals surface area (Å²) in [6.07, 6.45) is 1.72. The zero-order chi connectivity index (χ0) is 16.8. The lowest BCUT2D eigenvalue weighted by atomic mass is 10.2. The van der Waals surface area contributed by atoms with Gasteiger partial charge in [0.2, 0.25) is 5.13 Å². The van der Waals surface area contributed by atoms with Crippen LogP contribution >= 0.6 is 22.9 Å². The van der Waals surface area contributed by atoms with E-state index in [-0.39, 0.29) is 5.91 Å². The van der Waals surface area contributed by atoms with Crippen molar-refractivity contribution in [2.45, 2.75) is 0 Å². The third-order valence-corrected chi connectivity index (χ3v) is 4.26. The van der Waals surface area contributed by atoms with Crippen molar-refractivity contribution in [3.05, 3.63) is 59.2 Å². The number of aromatic nitrogens is 3. The maximum atomic E-state index is 11.9. The van der Waals surface area contributed by atoms with Crippen LogP contribution in [0.5, 0.6) is 0 Å². The second-order valence-electron chi connectivity index (χ2n) is 4.82. The fourth-order valence-electron chi connectivity index (χ4n) is 1.94. The molecule has 24 heavy (non-hydrogen) atoms. The molecule has 0 saturated heterocycles. The smallest absolute Gasteiger partial charge is 0.251 e. The molecule has 0 saturated carbocycles. The molecule has 0 bridgehead atoms. The van der Waals surface area contributed by atoms with Crippen LogP contribution in [0.1, 0.15) is 10.4 Å². The van der Waals surface area contributed by atoms with Gasteiger partial charge < -0.3 is 10.6 Å². The number of carbonyl (C=O) groups is 1. The van der Waals surface area contributed by atoms with E-state index in [1.54, 1.807) is 30.5 Å². The fourth-order valence-corrected chi connectivity index (χ4v) is 2.81. The first-order chi connectivity index (χ1) is 11.7. The number of pyridine rings is 1. The molecule has 2 aromatic heterocycles. The molecule has 0 atom stereocenters. The van der Waals surface area contributed by atoms with Gasteiger partial charge in [0.05, 0.1) is 0 Å². The van der Waals surface area contributed by atoms with Crippen molar-refractivity contribution in [3.63, 3.8) is 0 Å². The molecule has 0 spiro atoms. The van der Waals surface area contributed by atoms with Crippen LogP contribution < -0.4 is 10.6 Å². The van der Waals surface area contributed by atoms with E-state index in [4.69, 9.17) is 11.6 Å². The molecule has 0 unspecified atom stereocenters. The predicted octanol–water partition coefficient (Wildman–Crippen LogP) is 3.10. The minimum atomic E-state index is -0.139. The highest BCUT2D eigenvalue weighted by atomic mass is 35.5. The lowest BCUT2D eigenvalue weighted by molar-refractivity contribution is 0.0955. The molecule has 8 heteroatoms. The normalized spacial score (nSPS) is 10.4. The van der Waals surface area contributed by atoms with Crippen LogP contribution in [0.2, 0.25) is 5.02 Å². The zero-order valence-corrected chi connectivity index (χ0v) is 14.1. The van der Waals surface area contributed by atoms with Crippen molar-refractivity contribution in [2.75, 3.05) is 18.4 Å². The van der Waals surface area contributed by atoms with Gasteiger partial charge in [-0.05, 0) is 36.4 Å². The molecule has 1 amide bonds. The van der Waals surface area contributed by atoms with Crippen molar-refractivity contribution in [1.29, 1.82) is 0 Å². The first-order valence-corrected chi connectivity index (χ1v) is 8.44. The Morgan fingerprint density at radius 2 is 1.92 bits per heavy atom. The Morgan fingerprint density at radius 3 is 2.67 bits per heavy atom. The quantitative estimate of drug-likeness (QED) is 0.661. The van der Waals surface area contributed by atoms with Gasteiger partial charge in [0.15, 0.2) is 5.01 Å². The molecule has 0 fully saturated rings. The maximum absolute atomic E-state index is 11.9. The van der Waals surface area contributed by atoms with Gasteiger partial charge in [-0.15, -0.1) is 10.2 Å². The van der Waals surface area contributed by atoms with Crippen molar-refractivity contribution >= 4 is 34.0 Å². The summed E-state index contributed by atoms with van der Waals surface area (Å²) < 4.78 is 0. The molecular weight excluding hydrogens is 346 g/mol. The van der Waals surface area contributed by atoms with Crippen molar-refractivity contribution in [3.8, 4) is 10.7 Å². The Bertz CT molecular complexity index is 807. The van der Waals surface area contributed by atoms with Gasteiger partial charge in [-0.1, -0.05) is 29.0 Å². The minimum absolute atomic E-state index is 0.139. The van der Waals surface area contributed by atoms with Gasteiger partial charge >= 0.3 is 0 Å². The van der Waals surface area contributed by atoms with Crippen LogP contribution in [0.15, 0.2) is 48.7 Å². The van der Waals surface area contributed by atoms with Gasteiger partial charge in [-0.3, -0.25) is 9.78 Å². The van der Waals surface area contributed by atoms with Gasteiger partial charge in [0.1, 0.15) is 5.69 Å². The van der Waals surface area contributed by atoms with E-state index in [2.05, 4.69) is 25.8 Å². The van der Waals surface area contributed by atoms with Gasteiger partial charge in [0, 0.05) is 29.9 Å². The number of hydrogen-bond acceptors (Lipinski definition) is 6. The predicted molar refractivity (Wildman–Crippen MR) is 95.4 cm³/mol. The third-order valence-electron chi connectivity index (χ3n) is 3.10. The number of halogens is 1. The Balaban J connectivity index is 1.46.